The number of benzene rings is 1. The highest BCUT2D eigenvalue weighted by Gasteiger charge is 2.15. The molecule has 2 heterocycles. The zero-order valence-corrected chi connectivity index (χ0v) is 14.8. The third-order valence-corrected chi connectivity index (χ3v) is 4.73. The predicted octanol–water partition coefficient (Wildman–Crippen LogP) is 2.32. The molecule has 8 heteroatoms. The molecule has 0 bridgehead atoms. The van der Waals surface area contributed by atoms with E-state index in [0.29, 0.717) is 21.7 Å². The first-order chi connectivity index (χ1) is 12.1. The molecular weight excluding hydrogens is 344 g/mol. The Labute approximate surface area is 147 Å². The van der Waals surface area contributed by atoms with Gasteiger partial charge in [0.05, 0.1) is 33.2 Å². The summed E-state index contributed by atoms with van der Waals surface area (Å²) in [6, 6.07) is 5.52. The van der Waals surface area contributed by atoms with Gasteiger partial charge in [-0.1, -0.05) is 6.07 Å². The van der Waals surface area contributed by atoms with Crippen LogP contribution in [0.3, 0.4) is 0 Å². The van der Waals surface area contributed by atoms with Gasteiger partial charge < -0.3 is 14.2 Å². The third kappa shape index (κ3) is 3.08. The van der Waals surface area contributed by atoms with E-state index in [9.17, 15) is 9.59 Å². The van der Waals surface area contributed by atoms with Gasteiger partial charge in [-0.2, -0.15) is 0 Å². The van der Waals surface area contributed by atoms with Crippen molar-refractivity contribution in [2.75, 3.05) is 21.3 Å². The molecule has 0 aliphatic carbocycles. The quantitative estimate of drug-likeness (QED) is 0.650. The molecule has 25 heavy (non-hydrogen) atoms. The summed E-state index contributed by atoms with van der Waals surface area (Å²) in [6.45, 7) is -0.165. The molecule has 3 rings (SSSR count). The normalized spacial score (nSPS) is 10.7. The van der Waals surface area contributed by atoms with Crippen LogP contribution in [0.15, 0.2) is 34.7 Å². The van der Waals surface area contributed by atoms with E-state index < -0.39 is 5.97 Å². The van der Waals surface area contributed by atoms with Crippen LogP contribution in [-0.2, 0) is 16.1 Å². The van der Waals surface area contributed by atoms with Crippen molar-refractivity contribution in [2.24, 2.45) is 0 Å². The van der Waals surface area contributed by atoms with Crippen molar-refractivity contribution in [3.8, 4) is 22.6 Å². The molecule has 0 atom stereocenters. The van der Waals surface area contributed by atoms with Crippen LogP contribution >= 0.6 is 11.3 Å². The molecule has 0 spiro atoms. The smallest absolute Gasteiger partial charge is 0.325 e. The minimum absolute atomic E-state index is 0.165. The van der Waals surface area contributed by atoms with Crippen LogP contribution in [0.5, 0.6) is 11.5 Å². The van der Waals surface area contributed by atoms with Crippen LogP contribution in [-0.4, -0.2) is 36.8 Å². The SMILES string of the molecule is COC(=O)Cn1cnc2c(-c3ccc(OC)c(OC)c3)csc2c1=O. The Morgan fingerprint density at radius 1 is 1.20 bits per heavy atom. The molecule has 0 aliphatic heterocycles. The van der Waals surface area contributed by atoms with E-state index in [4.69, 9.17) is 9.47 Å². The highest BCUT2D eigenvalue weighted by molar-refractivity contribution is 7.17. The van der Waals surface area contributed by atoms with Crippen molar-refractivity contribution in [2.45, 2.75) is 6.54 Å². The van der Waals surface area contributed by atoms with E-state index in [1.807, 2.05) is 17.5 Å². The zero-order valence-electron chi connectivity index (χ0n) is 13.9. The number of hydrogen-bond donors (Lipinski definition) is 0. The number of fused-ring (bicyclic) bond motifs is 1. The molecular formula is C17H16N2O5S. The summed E-state index contributed by atoms with van der Waals surface area (Å²) < 4.78 is 16.9. The Morgan fingerprint density at radius 2 is 1.96 bits per heavy atom. The number of carbonyl (C=O) groups excluding carboxylic acids is 1. The second-order valence-electron chi connectivity index (χ2n) is 5.15. The van der Waals surface area contributed by atoms with Gasteiger partial charge in [-0.15, -0.1) is 11.3 Å². The molecule has 7 nitrogen and oxygen atoms in total. The minimum Gasteiger partial charge on any atom is -0.493 e. The molecule has 1 aromatic carbocycles. The molecule has 0 amide bonds. The Balaban J connectivity index is 2.09. The van der Waals surface area contributed by atoms with Gasteiger partial charge >= 0.3 is 5.97 Å². The number of ether oxygens (including phenoxy) is 3. The first-order valence-corrected chi connectivity index (χ1v) is 8.22. The highest BCUT2D eigenvalue weighted by atomic mass is 32.1. The molecule has 0 saturated heterocycles. The summed E-state index contributed by atoms with van der Waals surface area (Å²) in [7, 11) is 4.42. The minimum atomic E-state index is -0.500. The lowest BCUT2D eigenvalue weighted by molar-refractivity contribution is -0.141. The van der Waals surface area contributed by atoms with Crippen molar-refractivity contribution >= 4 is 27.5 Å². The molecule has 0 radical (unpaired) electrons. The van der Waals surface area contributed by atoms with Crippen LogP contribution in [0, 0.1) is 0 Å². The molecule has 2 aromatic heterocycles. The lowest BCUT2D eigenvalue weighted by Gasteiger charge is -2.09. The number of nitrogens with zero attached hydrogens (tertiary/aromatic N) is 2. The van der Waals surface area contributed by atoms with Gasteiger partial charge in [-0.3, -0.25) is 14.2 Å². The summed E-state index contributed by atoms with van der Waals surface area (Å²) in [5, 5.41) is 1.86. The second-order valence-corrected chi connectivity index (χ2v) is 6.03. The van der Waals surface area contributed by atoms with E-state index in [0.717, 1.165) is 11.1 Å². The van der Waals surface area contributed by atoms with Gasteiger partial charge in [0, 0.05) is 10.9 Å². The van der Waals surface area contributed by atoms with Gasteiger partial charge in [0.2, 0.25) is 0 Å². The van der Waals surface area contributed by atoms with Crippen molar-refractivity contribution < 1.29 is 19.0 Å². The molecule has 0 fully saturated rings. The van der Waals surface area contributed by atoms with E-state index in [1.165, 1.54) is 29.3 Å². The molecule has 130 valence electrons. The Kier molecular flexibility index (Phi) is 4.71. The highest BCUT2D eigenvalue weighted by Crippen LogP contribution is 2.36. The zero-order chi connectivity index (χ0) is 18.0. The molecule has 0 saturated carbocycles. The average molecular weight is 360 g/mol. The summed E-state index contributed by atoms with van der Waals surface area (Å²) in [5.41, 5.74) is 2.00. The van der Waals surface area contributed by atoms with Crippen LogP contribution < -0.4 is 15.0 Å². The van der Waals surface area contributed by atoms with Crippen molar-refractivity contribution in [1.29, 1.82) is 0 Å². The molecule has 0 aliphatic rings. The first-order valence-electron chi connectivity index (χ1n) is 7.35. The Bertz CT molecular complexity index is 992. The number of thiophene rings is 1. The van der Waals surface area contributed by atoms with E-state index in [1.54, 1.807) is 20.3 Å². The maximum absolute atomic E-state index is 12.5. The Hall–Kier alpha value is -2.87. The van der Waals surface area contributed by atoms with Gasteiger partial charge in [-0.05, 0) is 17.7 Å². The van der Waals surface area contributed by atoms with E-state index in [-0.39, 0.29) is 12.1 Å². The van der Waals surface area contributed by atoms with E-state index >= 15 is 0 Å². The topological polar surface area (TPSA) is 79.7 Å². The van der Waals surface area contributed by atoms with Crippen LogP contribution in [0.4, 0.5) is 0 Å². The number of aromatic nitrogens is 2. The number of methoxy groups -OCH3 is 3. The summed E-state index contributed by atoms with van der Waals surface area (Å²) in [6.07, 6.45) is 1.36. The van der Waals surface area contributed by atoms with Crippen molar-refractivity contribution in [3.05, 3.63) is 40.3 Å². The number of carbonyl (C=O) groups is 1. The predicted molar refractivity (Wildman–Crippen MR) is 94.4 cm³/mol. The lowest BCUT2D eigenvalue weighted by atomic mass is 10.1. The van der Waals surface area contributed by atoms with Gasteiger partial charge in [0.15, 0.2) is 11.5 Å². The van der Waals surface area contributed by atoms with Crippen molar-refractivity contribution in [3.63, 3.8) is 0 Å². The fourth-order valence-corrected chi connectivity index (χ4v) is 3.44. The second kappa shape index (κ2) is 6.94. The van der Waals surface area contributed by atoms with Crippen molar-refractivity contribution in [1.82, 2.24) is 9.55 Å². The maximum Gasteiger partial charge on any atom is 0.325 e. The standard InChI is InChI=1S/C17H16N2O5S/c1-22-12-5-4-10(6-13(12)23-2)11-8-25-16-15(11)18-9-19(17(16)21)7-14(20)24-3/h4-6,8-9H,7H2,1-3H3. The van der Waals surface area contributed by atoms with Gasteiger partial charge in [-0.25, -0.2) is 4.98 Å². The monoisotopic (exact) mass is 360 g/mol. The average Bonchev–Trinajstić information content (AvgIpc) is 3.08. The van der Waals surface area contributed by atoms with Gasteiger partial charge in [0.1, 0.15) is 11.2 Å². The summed E-state index contributed by atoms with van der Waals surface area (Å²) >= 11 is 1.29. The molecule has 3 aromatic rings. The summed E-state index contributed by atoms with van der Waals surface area (Å²) in [4.78, 5) is 28.3. The number of esters is 1. The largest absolute Gasteiger partial charge is 0.493 e. The fraction of sp³-hybridized carbons (Fsp3) is 0.235. The first kappa shape index (κ1) is 17.0. The summed E-state index contributed by atoms with van der Waals surface area (Å²) in [5.74, 6) is 0.720. The van der Waals surface area contributed by atoms with Crippen LogP contribution in [0.2, 0.25) is 0 Å². The van der Waals surface area contributed by atoms with Gasteiger partial charge in [0.25, 0.3) is 5.56 Å². The third-order valence-electron chi connectivity index (χ3n) is 3.77. The lowest BCUT2D eigenvalue weighted by Crippen LogP contribution is -2.24. The fourth-order valence-electron chi connectivity index (χ4n) is 2.47. The number of rotatable bonds is 5. The van der Waals surface area contributed by atoms with E-state index in [2.05, 4.69) is 9.72 Å². The Morgan fingerprint density at radius 3 is 2.64 bits per heavy atom. The molecule has 0 N–H and O–H groups in total. The van der Waals surface area contributed by atoms with Crippen LogP contribution in [0.1, 0.15) is 0 Å². The number of hydrogen-bond acceptors (Lipinski definition) is 7. The van der Waals surface area contributed by atoms with Crippen LogP contribution in [0.25, 0.3) is 21.3 Å². The molecule has 0 unspecified atom stereocenters. The maximum atomic E-state index is 12.5.